The Morgan fingerprint density at radius 3 is 2.72 bits per heavy atom. The van der Waals surface area contributed by atoms with Crippen LogP contribution < -0.4 is 5.69 Å². The number of rotatable bonds is 2. The molecule has 1 aromatic carbocycles. The van der Waals surface area contributed by atoms with Crippen molar-refractivity contribution in [1.29, 1.82) is 0 Å². The molecule has 2 aromatic heterocycles. The second kappa shape index (κ2) is 3.89. The first-order valence-electron chi connectivity index (χ1n) is 5.59. The Hall–Kier alpha value is -2.27. The monoisotopic (exact) mass is 244 g/mol. The number of imidazole rings is 1. The van der Waals surface area contributed by atoms with E-state index in [1.807, 2.05) is 6.92 Å². The summed E-state index contributed by atoms with van der Waals surface area (Å²) >= 11 is 0. The number of fused-ring (bicyclic) bond motifs is 1. The Morgan fingerprint density at radius 2 is 2.00 bits per heavy atom. The molecule has 0 saturated heterocycles. The van der Waals surface area contributed by atoms with Gasteiger partial charge in [0.05, 0.1) is 17.3 Å². The second-order valence-electron chi connectivity index (χ2n) is 4.25. The van der Waals surface area contributed by atoms with Gasteiger partial charge >= 0.3 is 5.69 Å². The fraction of sp³-hybridized carbons (Fsp3) is 0.154. The molecule has 0 radical (unpaired) electrons. The Bertz CT molecular complexity index is 751. The largest absolute Gasteiger partial charge is 0.466 e. The first-order chi connectivity index (χ1) is 8.65. The highest BCUT2D eigenvalue weighted by Crippen LogP contribution is 2.26. The summed E-state index contributed by atoms with van der Waals surface area (Å²) in [5.41, 5.74) is 2.69. The highest BCUT2D eigenvalue weighted by molar-refractivity contribution is 5.75. The molecule has 0 bridgehead atoms. The van der Waals surface area contributed by atoms with Gasteiger partial charge in [-0.15, -0.1) is 0 Å². The third kappa shape index (κ3) is 1.65. The van der Waals surface area contributed by atoms with Crippen LogP contribution in [0.3, 0.4) is 0 Å². The number of hydrogen-bond acceptors (Lipinski definition) is 3. The van der Waals surface area contributed by atoms with E-state index in [-0.39, 0.29) is 5.69 Å². The average molecular weight is 244 g/mol. The van der Waals surface area contributed by atoms with Gasteiger partial charge < -0.3 is 19.5 Å². The Labute approximate surface area is 102 Å². The van der Waals surface area contributed by atoms with Gasteiger partial charge in [-0.05, 0) is 36.2 Å². The van der Waals surface area contributed by atoms with Crippen LogP contribution in [0.25, 0.3) is 11.0 Å². The van der Waals surface area contributed by atoms with Crippen LogP contribution in [0.4, 0.5) is 0 Å². The summed E-state index contributed by atoms with van der Waals surface area (Å²) < 4.78 is 5.27. The van der Waals surface area contributed by atoms with Crippen molar-refractivity contribution in [2.75, 3.05) is 0 Å². The maximum absolute atomic E-state index is 11.2. The number of furan rings is 1. The number of hydrogen-bond donors (Lipinski definition) is 3. The lowest BCUT2D eigenvalue weighted by atomic mass is 10.0. The number of H-pyrrole nitrogens is 2. The maximum atomic E-state index is 11.2. The van der Waals surface area contributed by atoms with E-state index >= 15 is 0 Å². The van der Waals surface area contributed by atoms with E-state index in [4.69, 9.17) is 4.42 Å². The molecule has 3 rings (SSSR count). The molecule has 3 aromatic rings. The van der Waals surface area contributed by atoms with Gasteiger partial charge in [0.1, 0.15) is 11.9 Å². The molecule has 1 atom stereocenters. The molecule has 0 spiro atoms. The van der Waals surface area contributed by atoms with Crippen LogP contribution in [-0.4, -0.2) is 15.1 Å². The number of aromatic amines is 2. The van der Waals surface area contributed by atoms with E-state index in [0.717, 1.165) is 5.56 Å². The van der Waals surface area contributed by atoms with Gasteiger partial charge in [-0.1, -0.05) is 6.07 Å². The molecular weight excluding hydrogens is 232 g/mol. The molecule has 0 aliphatic carbocycles. The van der Waals surface area contributed by atoms with Crippen LogP contribution in [0.15, 0.2) is 39.7 Å². The minimum atomic E-state index is -0.831. The zero-order valence-electron chi connectivity index (χ0n) is 9.73. The van der Waals surface area contributed by atoms with Gasteiger partial charge in [0, 0.05) is 0 Å². The Morgan fingerprint density at radius 1 is 1.22 bits per heavy atom. The number of aromatic nitrogens is 2. The number of benzene rings is 1. The molecule has 5 heteroatoms. The number of nitrogens with one attached hydrogen (secondary N) is 2. The second-order valence-corrected chi connectivity index (χ2v) is 4.25. The van der Waals surface area contributed by atoms with Crippen LogP contribution in [0, 0.1) is 6.92 Å². The van der Waals surface area contributed by atoms with Crippen molar-refractivity contribution in [2.24, 2.45) is 0 Å². The Balaban J connectivity index is 2.09. The van der Waals surface area contributed by atoms with Gasteiger partial charge in [-0.3, -0.25) is 0 Å². The van der Waals surface area contributed by atoms with Gasteiger partial charge in [0.2, 0.25) is 0 Å². The SMILES string of the molecule is Cc1ccoc1C(O)c1ccc2[nH]c(=O)[nH]c2c1. The molecule has 0 saturated carbocycles. The van der Waals surface area contributed by atoms with Crippen LogP contribution in [0.2, 0.25) is 0 Å². The summed E-state index contributed by atoms with van der Waals surface area (Å²) in [5, 5.41) is 10.2. The topological polar surface area (TPSA) is 82.0 Å². The first kappa shape index (κ1) is 10.9. The van der Waals surface area contributed by atoms with Gasteiger partial charge in [0.15, 0.2) is 0 Å². The van der Waals surface area contributed by atoms with Crippen LogP contribution >= 0.6 is 0 Å². The molecule has 92 valence electrons. The zero-order valence-corrected chi connectivity index (χ0v) is 9.73. The van der Waals surface area contributed by atoms with Crippen molar-refractivity contribution in [3.8, 4) is 0 Å². The van der Waals surface area contributed by atoms with Crippen molar-refractivity contribution < 1.29 is 9.52 Å². The van der Waals surface area contributed by atoms with Crippen molar-refractivity contribution in [3.05, 3.63) is 57.9 Å². The molecule has 1 unspecified atom stereocenters. The van der Waals surface area contributed by atoms with E-state index < -0.39 is 6.10 Å². The van der Waals surface area contributed by atoms with E-state index in [1.54, 1.807) is 30.5 Å². The fourth-order valence-electron chi connectivity index (χ4n) is 2.04. The smallest absolute Gasteiger partial charge is 0.323 e. The predicted molar refractivity (Wildman–Crippen MR) is 66.4 cm³/mol. The summed E-state index contributed by atoms with van der Waals surface area (Å²) in [5.74, 6) is 0.521. The molecule has 5 nitrogen and oxygen atoms in total. The normalized spacial score (nSPS) is 13.0. The lowest BCUT2D eigenvalue weighted by Gasteiger charge is -2.09. The van der Waals surface area contributed by atoms with Gasteiger partial charge in [0.25, 0.3) is 0 Å². The van der Waals surface area contributed by atoms with E-state index in [0.29, 0.717) is 22.4 Å². The molecular formula is C13H12N2O3. The summed E-state index contributed by atoms with van der Waals surface area (Å²) in [6, 6.07) is 7.05. The van der Waals surface area contributed by atoms with Gasteiger partial charge in [-0.2, -0.15) is 0 Å². The average Bonchev–Trinajstić information content (AvgIpc) is 2.91. The summed E-state index contributed by atoms with van der Waals surface area (Å²) in [6.07, 6.45) is 0.715. The molecule has 18 heavy (non-hydrogen) atoms. The first-order valence-corrected chi connectivity index (χ1v) is 5.59. The standard InChI is InChI=1S/C13H12N2O3/c1-7-4-5-18-12(7)11(16)8-2-3-9-10(6-8)15-13(17)14-9/h2-6,11,16H,1H3,(H2,14,15,17). The number of aliphatic hydroxyl groups is 1. The lowest BCUT2D eigenvalue weighted by Crippen LogP contribution is -2.00. The van der Waals surface area contributed by atoms with Crippen LogP contribution in [-0.2, 0) is 0 Å². The fourth-order valence-corrected chi connectivity index (χ4v) is 2.04. The van der Waals surface area contributed by atoms with Crippen LogP contribution in [0.1, 0.15) is 23.0 Å². The number of aryl methyl sites for hydroxylation is 1. The van der Waals surface area contributed by atoms with Crippen molar-refractivity contribution in [1.82, 2.24) is 9.97 Å². The molecule has 3 N–H and O–H groups in total. The Kier molecular flexibility index (Phi) is 2.34. The summed E-state index contributed by atoms with van der Waals surface area (Å²) in [6.45, 7) is 1.87. The highest BCUT2D eigenvalue weighted by Gasteiger charge is 2.16. The van der Waals surface area contributed by atoms with E-state index in [9.17, 15) is 9.90 Å². The van der Waals surface area contributed by atoms with E-state index in [2.05, 4.69) is 9.97 Å². The van der Waals surface area contributed by atoms with Crippen molar-refractivity contribution in [2.45, 2.75) is 13.0 Å². The zero-order chi connectivity index (χ0) is 12.7. The molecule has 0 amide bonds. The van der Waals surface area contributed by atoms with Crippen molar-refractivity contribution >= 4 is 11.0 Å². The molecule has 0 aliphatic heterocycles. The molecule has 0 fully saturated rings. The third-order valence-corrected chi connectivity index (χ3v) is 3.01. The quantitative estimate of drug-likeness (QED) is 0.643. The summed E-state index contributed by atoms with van der Waals surface area (Å²) in [7, 11) is 0. The van der Waals surface area contributed by atoms with Crippen LogP contribution in [0.5, 0.6) is 0 Å². The minimum absolute atomic E-state index is 0.259. The molecule has 2 heterocycles. The number of aliphatic hydroxyl groups excluding tert-OH is 1. The predicted octanol–water partition coefficient (Wildman–Crippen LogP) is 1.84. The van der Waals surface area contributed by atoms with E-state index in [1.165, 1.54) is 0 Å². The molecule has 0 aliphatic rings. The maximum Gasteiger partial charge on any atom is 0.323 e. The highest BCUT2D eigenvalue weighted by atomic mass is 16.4. The lowest BCUT2D eigenvalue weighted by molar-refractivity contribution is 0.188. The minimum Gasteiger partial charge on any atom is -0.466 e. The van der Waals surface area contributed by atoms with Gasteiger partial charge in [-0.25, -0.2) is 4.79 Å². The third-order valence-electron chi connectivity index (χ3n) is 3.01. The van der Waals surface area contributed by atoms with Crippen molar-refractivity contribution in [3.63, 3.8) is 0 Å². The summed E-state index contributed by atoms with van der Waals surface area (Å²) in [4.78, 5) is 16.5.